The normalized spacial score (nSPS) is 18.0. The lowest BCUT2D eigenvalue weighted by Gasteiger charge is -2.26. The number of hydrogen-bond acceptors (Lipinski definition) is 6. The van der Waals surface area contributed by atoms with Gasteiger partial charge in [-0.2, -0.15) is 0 Å². The van der Waals surface area contributed by atoms with Gasteiger partial charge in [-0.25, -0.2) is 13.4 Å². The monoisotopic (exact) mass is 357 g/mol. The molecule has 23 heavy (non-hydrogen) atoms. The molecule has 2 rings (SSSR count). The molecule has 1 fully saturated rings. The number of rotatable bonds is 6. The van der Waals surface area contributed by atoms with E-state index < -0.39 is 9.84 Å². The molecule has 1 aliphatic rings. The predicted molar refractivity (Wildman–Crippen MR) is 92.7 cm³/mol. The Morgan fingerprint density at radius 1 is 1.39 bits per heavy atom. The maximum Gasteiger partial charge on any atom is 0.254 e. The van der Waals surface area contributed by atoms with Crippen molar-refractivity contribution < 1.29 is 13.2 Å². The molecular formula is C15H23N3O3S2. The molecule has 0 aromatic carbocycles. The summed E-state index contributed by atoms with van der Waals surface area (Å²) in [6, 6.07) is 3.54. The number of nitrogens with zero attached hydrogens (tertiary/aromatic N) is 2. The third-order valence-electron chi connectivity index (χ3n) is 3.51. The van der Waals surface area contributed by atoms with Crippen LogP contribution in [-0.4, -0.2) is 67.1 Å². The van der Waals surface area contributed by atoms with Gasteiger partial charge in [-0.1, -0.05) is 13.8 Å². The molecule has 6 nitrogen and oxygen atoms in total. The number of carbonyl (C=O) groups excluding carboxylic acids is 1. The molecule has 0 saturated carbocycles. The smallest absolute Gasteiger partial charge is 0.254 e. The Balaban J connectivity index is 1.84. The lowest BCUT2D eigenvalue weighted by Crippen LogP contribution is -2.43. The Morgan fingerprint density at radius 2 is 2.09 bits per heavy atom. The molecule has 1 N–H and O–H groups in total. The molecule has 128 valence electrons. The van der Waals surface area contributed by atoms with E-state index in [4.69, 9.17) is 0 Å². The Bertz CT molecular complexity index is 633. The quantitative estimate of drug-likeness (QED) is 0.767. The standard InChI is InChI=1S/C15H23N3O3S2/c1-12(2)22-15-13(4-3-5-17-15)14(19)16-6-7-18-8-10-23(20,21)11-9-18/h3-5,12H,6-11H2,1-2H3,(H,16,19). The van der Waals surface area contributed by atoms with Crippen molar-refractivity contribution in [2.45, 2.75) is 24.1 Å². The summed E-state index contributed by atoms with van der Waals surface area (Å²) in [6.45, 7) is 6.36. The lowest BCUT2D eigenvalue weighted by molar-refractivity contribution is 0.0945. The molecule has 1 amide bonds. The number of thioether (sulfide) groups is 1. The maximum atomic E-state index is 12.3. The first-order valence-electron chi connectivity index (χ1n) is 7.70. The van der Waals surface area contributed by atoms with Gasteiger partial charge < -0.3 is 5.32 Å². The van der Waals surface area contributed by atoms with Crippen LogP contribution in [0.5, 0.6) is 0 Å². The number of nitrogens with one attached hydrogen (secondary N) is 1. The highest BCUT2D eigenvalue weighted by atomic mass is 32.2. The average molecular weight is 358 g/mol. The summed E-state index contributed by atoms with van der Waals surface area (Å²) in [7, 11) is -2.86. The van der Waals surface area contributed by atoms with E-state index in [0.29, 0.717) is 37.0 Å². The summed E-state index contributed by atoms with van der Waals surface area (Å²) in [4.78, 5) is 18.7. The van der Waals surface area contributed by atoms with Crippen molar-refractivity contribution in [3.8, 4) is 0 Å². The summed E-state index contributed by atoms with van der Waals surface area (Å²) < 4.78 is 22.8. The largest absolute Gasteiger partial charge is 0.351 e. The van der Waals surface area contributed by atoms with Crippen molar-refractivity contribution >= 4 is 27.5 Å². The first-order chi connectivity index (χ1) is 10.9. The molecule has 1 saturated heterocycles. The summed E-state index contributed by atoms with van der Waals surface area (Å²) in [5.41, 5.74) is 0.590. The molecule has 0 radical (unpaired) electrons. The number of pyridine rings is 1. The minimum atomic E-state index is -2.86. The second kappa shape index (κ2) is 8.12. The summed E-state index contributed by atoms with van der Waals surface area (Å²) >= 11 is 1.57. The van der Waals surface area contributed by atoms with Crippen molar-refractivity contribution in [3.05, 3.63) is 23.9 Å². The van der Waals surface area contributed by atoms with E-state index in [0.717, 1.165) is 5.03 Å². The van der Waals surface area contributed by atoms with Gasteiger partial charge in [0.2, 0.25) is 0 Å². The Morgan fingerprint density at radius 3 is 2.74 bits per heavy atom. The highest BCUT2D eigenvalue weighted by Crippen LogP contribution is 2.23. The number of sulfone groups is 1. The highest BCUT2D eigenvalue weighted by Gasteiger charge is 2.21. The van der Waals surface area contributed by atoms with Crippen LogP contribution in [0.2, 0.25) is 0 Å². The lowest BCUT2D eigenvalue weighted by atomic mass is 10.2. The molecule has 0 unspecified atom stereocenters. The fourth-order valence-electron chi connectivity index (χ4n) is 2.28. The average Bonchev–Trinajstić information content (AvgIpc) is 2.49. The molecule has 8 heteroatoms. The fraction of sp³-hybridized carbons (Fsp3) is 0.600. The fourth-order valence-corrected chi connectivity index (χ4v) is 4.41. The summed E-state index contributed by atoms with van der Waals surface area (Å²) in [5, 5.41) is 3.99. The van der Waals surface area contributed by atoms with E-state index in [1.807, 2.05) is 0 Å². The minimum Gasteiger partial charge on any atom is -0.351 e. The third kappa shape index (κ3) is 5.78. The highest BCUT2D eigenvalue weighted by molar-refractivity contribution is 7.99. The summed E-state index contributed by atoms with van der Waals surface area (Å²) in [6.07, 6.45) is 1.69. The van der Waals surface area contributed by atoms with E-state index in [1.54, 1.807) is 30.1 Å². The van der Waals surface area contributed by atoms with E-state index >= 15 is 0 Å². The zero-order chi connectivity index (χ0) is 16.9. The zero-order valence-electron chi connectivity index (χ0n) is 13.5. The number of aromatic nitrogens is 1. The van der Waals surface area contributed by atoms with Gasteiger partial charge in [0, 0.05) is 37.6 Å². The molecule has 1 aromatic rings. The molecule has 0 aliphatic carbocycles. The van der Waals surface area contributed by atoms with Crippen molar-refractivity contribution in [3.63, 3.8) is 0 Å². The molecule has 2 heterocycles. The zero-order valence-corrected chi connectivity index (χ0v) is 15.1. The van der Waals surface area contributed by atoms with Gasteiger partial charge in [0.05, 0.1) is 17.1 Å². The molecule has 0 spiro atoms. The minimum absolute atomic E-state index is 0.133. The molecule has 1 aliphatic heterocycles. The molecule has 0 bridgehead atoms. The summed E-state index contributed by atoms with van der Waals surface area (Å²) in [5.74, 6) is 0.281. The van der Waals surface area contributed by atoms with Crippen LogP contribution in [0.4, 0.5) is 0 Å². The van der Waals surface area contributed by atoms with Crippen molar-refractivity contribution in [2.24, 2.45) is 0 Å². The Labute approximate surface area is 142 Å². The molecular weight excluding hydrogens is 334 g/mol. The van der Waals surface area contributed by atoms with Gasteiger partial charge in [-0.15, -0.1) is 11.8 Å². The maximum absolute atomic E-state index is 12.3. The number of hydrogen-bond donors (Lipinski definition) is 1. The van der Waals surface area contributed by atoms with Crippen molar-refractivity contribution in [1.82, 2.24) is 15.2 Å². The second-order valence-corrected chi connectivity index (χ2v) is 9.64. The van der Waals surface area contributed by atoms with Gasteiger partial charge in [-0.05, 0) is 12.1 Å². The first kappa shape index (κ1) is 18.2. The van der Waals surface area contributed by atoms with Gasteiger partial charge in [0.25, 0.3) is 5.91 Å². The van der Waals surface area contributed by atoms with Crippen molar-refractivity contribution in [2.75, 3.05) is 37.7 Å². The van der Waals surface area contributed by atoms with Crippen LogP contribution < -0.4 is 5.32 Å². The SMILES string of the molecule is CC(C)Sc1ncccc1C(=O)NCCN1CCS(=O)(=O)CC1. The van der Waals surface area contributed by atoms with E-state index in [-0.39, 0.29) is 17.4 Å². The van der Waals surface area contributed by atoms with Crippen LogP contribution in [0.3, 0.4) is 0 Å². The third-order valence-corrected chi connectivity index (χ3v) is 6.14. The van der Waals surface area contributed by atoms with Gasteiger partial charge >= 0.3 is 0 Å². The topological polar surface area (TPSA) is 79.4 Å². The number of carbonyl (C=O) groups is 1. The van der Waals surface area contributed by atoms with Crippen LogP contribution in [0.25, 0.3) is 0 Å². The Hall–Kier alpha value is -1.12. The van der Waals surface area contributed by atoms with Crippen LogP contribution in [0.1, 0.15) is 24.2 Å². The molecule has 0 atom stereocenters. The van der Waals surface area contributed by atoms with Crippen LogP contribution >= 0.6 is 11.8 Å². The van der Waals surface area contributed by atoms with E-state index in [2.05, 4.69) is 29.0 Å². The van der Waals surface area contributed by atoms with Gasteiger partial charge in [-0.3, -0.25) is 9.69 Å². The predicted octanol–water partition coefficient (Wildman–Crippen LogP) is 1.04. The van der Waals surface area contributed by atoms with Crippen LogP contribution in [0.15, 0.2) is 23.4 Å². The van der Waals surface area contributed by atoms with Gasteiger partial charge in [0.15, 0.2) is 9.84 Å². The van der Waals surface area contributed by atoms with Crippen LogP contribution in [-0.2, 0) is 9.84 Å². The first-order valence-corrected chi connectivity index (χ1v) is 10.4. The second-order valence-electron chi connectivity index (χ2n) is 5.77. The van der Waals surface area contributed by atoms with Crippen LogP contribution in [0, 0.1) is 0 Å². The van der Waals surface area contributed by atoms with E-state index in [1.165, 1.54) is 0 Å². The van der Waals surface area contributed by atoms with Crippen molar-refractivity contribution in [1.29, 1.82) is 0 Å². The molecule has 1 aromatic heterocycles. The van der Waals surface area contributed by atoms with E-state index in [9.17, 15) is 13.2 Å². The van der Waals surface area contributed by atoms with Gasteiger partial charge in [0.1, 0.15) is 5.03 Å². The number of amides is 1. The Kier molecular flexibility index (Phi) is 6.43.